The van der Waals surface area contributed by atoms with Crippen LogP contribution in [0.1, 0.15) is 35.6 Å². The van der Waals surface area contributed by atoms with Crippen LogP contribution in [-0.4, -0.2) is 59.6 Å². The Bertz CT molecular complexity index is 836. The van der Waals surface area contributed by atoms with E-state index >= 15 is 0 Å². The Morgan fingerprint density at radius 1 is 1.07 bits per heavy atom. The minimum atomic E-state index is -1.16. The summed E-state index contributed by atoms with van der Waals surface area (Å²) in [4.78, 5) is 0. The van der Waals surface area contributed by atoms with Crippen molar-refractivity contribution in [2.75, 3.05) is 19.8 Å². The van der Waals surface area contributed by atoms with Crippen LogP contribution in [0, 0.1) is 5.82 Å². The van der Waals surface area contributed by atoms with E-state index in [1.165, 1.54) is 12.1 Å². The topological polar surface area (TPSA) is 88.4 Å². The highest BCUT2D eigenvalue weighted by Gasteiger charge is 2.37. The van der Waals surface area contributed by atoms with Crippen LogP contribution < -0.4 is 4.74 Å². The molecular formula is C23H27FO6. The van der Waals surface area contributed by atoms with Gasteiger partial charge in [0.2, 0.25) is 0 Å². The lowest BCUT2D eigenvalue weighted by Crippen LogP contribution is -2.47. The molecule has 30 heavy (non-hydrogen) atoms. The van der Waals surface area contributed by atoms with Gasteiger partial charge in [0.05, 0.1) is 32.0 Å². The highest BCUT2D eigenvalue weighted by molar-refractivity contribution is 5.34. The van der Waals surface area contributed by atoms with Gasteiger partial charge in [0.25, 0.3) is 0 Å². The van der Waals surface area contributed by atoms with E-state index in [0.717, 1.165) is 29.9 Å². The lowest BCUT2D eigenvalue weighted by molar-refractivity contribution is -0.181. The van der Waals surface area contributed by atoms with E-state index < -0.39 is 36.8 Å². The van der Waals surface area contributed by atoms with Crippen molar-refractivity contribution in [3.05, 3.63) is 65.0 Å². The molecule has 6 nitrogen and oxygen atoms in total. The van der Waals surface area contributed by atoms with E-state index in [0.29, 0.717) is 18.6 Å². The van der Waals surface area contributed by atoms with Crippen molar-refractivity contribution in [2.45, 2.75) is 49.8 Å². The van der Waals surface area contributed by atoms with Crippen molar-refractivity contribution in [1.82, 2.24) is 0 Å². The average molecular weight is 418 g/mol. The largest absolute Gasteiger partial charge is 0.488 e. The molecule has 5 atom stereocenters. The molecule has 0 bridgehead atoms. The number of ether oxygens (including phenoxy) is 3. The smallest absolute Gasteiger partial charge is 0.124 e. The molecule has 0 spiro atoms. The Kier molecular flexibility index (Phi) is 6.65. The standard InChI is InChI=1S/C23H27FO6/c24-17-9-15(7-14-1-3-18(4-2-14)29-19-5-6-28-13-19)8-16(10-17)21-11-20(26)23(27)22(12-25)30-21/h1-4,8-10,19-23,25-27H,5-7,11-13H2/t19?,20?,21?,22?,23-/m0/s1. The zero-order valence-electron chi connectivity index (χ0n) is 16.6. The van der Waals surface area contributed by atoms with Gasteiger partial charge in [-0.25, -0.2) is 4.39 Å². The molecule has 2 saturated heterocycles. The summed E-state index contributed by atoms with van der Waals surface area (Å²) in [7, 11) is 0. The second kappa shape index (κ2) is 9.41. The Balaban J connectivity index is 1.45. The molecule has 0 radical (unpaired) electrons. The molecule has 0 saturated carbocycles. The van der Waals surface area contributed by atoms with Gasteiger partial charge in [-0.05, 0) is 47.4 Å². The van der Waals surface area contributed by atoms with Gasteiger partial charge in [-0.2, -0.15) is 0 Å². The molecule has 162 valence electrons. The number of rotatable bonds is 6. The Morgan fingerprint density at radius 3 is 2.57 bits per heavy atom. The predicted octanol–water partition coefficient (Wildman–Crippen LogP) is 2.13. The minimum absolute atomic E-state index is 0.0914. The predicted molar refractivity (Wildman–Crippen MR) is 107 cm³/mol. The monoisotopic (exact) mass is 418 g/mol. The van der Waals surface area contributed by atoms with Crippen LogP contribution in [0.4, 0.5) is 4.39 Å². The fourth-order valence-corrected chi connectivity index (χ4v) is 4.00. The summed E-state index contributed by atoms with van der Waals surface area (Å²) in [5.74, 6) is 0.390. The highest BCUT2D eigenvalue weighted by Crippen LogP contribution is 2.33. The third-order valence-electron chi connectivity index (χ3n) is 5.62. The number of aliphatic hydroxyl groups is 3. The van der Waals surface area contributed by atoms with Crippen LogP contribution in [-0.2, 0) is 15.9 Å². The summed E-state index contributed by atoms with van der Waals surface area (Å²) < 4.78 is 31.2. The number of hydrogen-bond acceptors (Lipinski definition) is 6. The van der Waals surface area contributed by atoms with E-state index in [4.69, 9.17) is 14.2 Å². The number of aliphatic hydroxyl groups excluding tert-OH is 3. The third kappa shape index (κ3) is 4.99. The van der Waals surface area contributed by atoms with Crippen molar-refractivity contribution >= 4 is 0 Å². The Morgan fingerprint density at radius 2 is 1.87 bits per heavy atom. The van der Waals surface area contributed by atoms with Crippen LogP contribution in [0.2, 0.25) is 0 Å². The van der Waals surface area contributed by atoms with Crippen molar-refractivity contribution < 1.29 is 33.9 Å². The summed E-state index contributed by atoms with van der Waals surface area (Å²) in [5.41, 5.74) is 2.36. The normalized spacial score (nSPS) is 29.1. The molecule has 2 fully saturated rings. The van der Waals surface area contributed by atoms with Crippen LogP contribution in [0.25, 0.3) is 0 Å². The maximum absolute atomic E-state index is 14.3. The van der Waals surface area contributed by atoms with E-state index in [2.05, 4.69) is 0 Å². The fraction of sp³-hybridized carbons (Fsp3) is 0.478. The van der Waals surface area contributed by atoms with Gasteiger partial charge in [-0.1, -0.05) is 18.2 Å². The maximum atomic E-state index is 14.3. The molecule has 7 heteroatoms. The number of halogens is 1. The molecule has 2 aromatic carbocycles. The molecule has 0 aromatic heterocycles. The number of benzene rings is 2. The van der Waals surface area contributed by atoms with E-state index in [1.54, 1.807) is 0 Å². The first-order valence-corrected chi connectivity index (χ1v) is 10.3. The van der Waals surface area contributed by atoms with E-state index in [-0.39, 0.29) is 12.5 Å². The van der Waals surface area contributed by atoms with Gasteiger partial charge in [0, 0.05) is 12.8 Å². The Hall–Kier alpha value is -2.03. The van der Waals surface area contributed by atoms with Crippen LogP contribution in [0.15, 0.2) is 42.5 Å². The van der Waals surface area contributed by atoms with Gasteiger partial charge >= 0.3 is 0 Å². The SMILES string of the molecule is OCC1OC(c2cc(F)cc(Cc3ccc(OC4CCOC4)cc3)c2)CC(O)[C@@H]1O. The first kappa shape index (κ1) is 21.2. The average Bonchev–Trinajstić information content (AvgIpc) is 3.24. The zero-order chi connectivity index (χ0) is 21.1. The minimum Gasteiger partial charge on any atom is -0.488 e. The third-order valence-corrected chi connectivity index (χ3v) is 5.62. The molecule has 0 amide bonds. The summed E-state index contributed by atoms with van der Waals surface area (Å²) in [6, 6.07) is 12.4. The maximum Gasteiger partial charge on any atom is 0.124 e. The molecule has 2 aliphatic heterocycles. The molecule has 4 unspecified atom stereocenters. The van der Waals surface area contributed by atoms with Gasteiger partial charge < -0.3 is 29.5 Å². The van der Waals surface area contributed by atoms with Crippen LogP contribution in [0.5, 0.6) is 5.75 Å². The van der Waals surface area contributed by atoms with Gasteiger partial charge in [0.15, 0.2) is 0 Å². The first-order chi connectivity index (χ1) is 14.5. The molecule has 2 aromatic rings. The van der Waals surface area contributed by atoms with Crippen molar-refractivity contribution in [2.24, 2.45) is 0 Å². The summed E-state index contributed by atoms with van der Waals surface area (Å²) in [5, 5.41) is 29.3. The summed E-state index contributed by atoms with van der Waals surface area (Å²) in [6.45, 7) is 0.919. The molecular weight excluding hydrogens is 391 g/mol. The molecule has 2 heterocycles. The lowest BCUT2D eigenvalue weighted by atomic mass is 9.92. The zero-order valence-corrected chi connectivity index (χ0v) is 16.6. The van der Waals surface area contributed by atoms with Crippen LogP contribution >= 0.6 is 0 Å². The second-order valence-corrected chi connectivity index (χ2v) is 7.96. The van der Waals surface area contributed by atoms with E-state index in [9.17, 15) is 19.7 Å². The van der Waals surface area contributed by atoms with Gasteiger partial charge in [-0.3, -0.25) is 0 Å². The molecule has 0 aliphatic carbocycles. The lowest BCUT2D eigenvalue weighted by Gasteiger charge is -2.36. The Labute approximate surface area is 174 Å². The summed E-state index contributed by atoms with van der Waals surface area (Å²) >= 11 is 0. The molecule has 4 rings (SSSR count). The second-order valence-electron chi connectivity index (χ2n) is 7.96. The van der Waals surface area contributed by atoms with Crippen molar-refractivity contribution in [3.8, 4) is 5.75 Å². The molecule has 3 N–H and O–H groups in total. The van der Waals surface area contributed by atoms with Gasteiger partial charge in [0.1, 0.15) is 29.9 Å². The van der Waals surface area contributed by atoms with E-state index in [1.807, 2.05) is 30.3 Å². The first-order valence-electron chi connectivity index (χ1n) is 10.3. The van der Waals surface area contributed by atoms with Gasteiger partial charge in [-0.15, -0.1) is 0 Å². The van der Waals surface area contributed by atoms with Crippen molar-refractivity contribution in [1.29, 1.82) is 0 Å². The number of hydrogen-bond donors (Lipinski definition) is 3. The fourth-order valence-electron chi connectivity index (χ4n) is 4.00. The van der Waals surface area contributed by atoms with Crippen molar-refractivity contribution in [3.63, 3.8) is 0 Å². The quantitative estimate of drug-likeness (QED) is 0.666. The summed E-state index contributed by atoms with van der Waals surface area (Å²) in [6.07, 6.45) is -2.05. The molecule has 2 aliphatic rings. The van der Waals surface area contributed by atoms with Crippen LogP contribution in [0.3, 0.4) is 0 Å². The highest BCUT2D eigenvalue weighted by atomic mass is 19.1.